The number of aromatic nitrogens is 3. The first-order valence-corrected chi connectivity index (χ1v) is 6.60. The Hall–Kier alpha value is -1.65. The maximum absolute atomic E-state index is 11.4. The van der Waals surface area contributed by atoms with E-state index in [9.17, 15) is 9.90 Å². The van der Waals surface area contributed by atoms with Crippen LogP contribution in [0.2, 0.25) is 0 Å². The van der Waals surface area contributed by atoms with Gasteiger partial charge in [-0.15, -0.1) is 0 Å². The van der Waals surface area contributed by atoms with Crippen LogP contribution in [0.15, 0.2) is 12.2 Å². The van der Waals surface area contributed by atoms with E-state index in [-0.39, 0.29) is 11.3 Å². The van der Waals surface area contributed by atoms with E-state index in [4.69, 9.17) is 0 Å². The van der Waals surface area contributed by atoms with Gasteiger partial charge in [0.05, 0.1) is 5.92 Å². The molecule has 19 heavy (non-hydrogen) atoms. The molecule has 1 aromatic heterocycles. The molecule has 2 rings (SSSR count). The van der Waals surface area contributed by atoms with Crippen LogP contribution in [0.4, 0.5) is 0 Å². The lowest BCUT2D eigenvalue weighted by molar-refractivity contribution is -0.142. The molecule has 1 aliphatic rings. The number of carbonyl (C=O) groups is 1. The molecule has 0 bridgehead atoms. The van der Waals surface area contributed by atoms with Gasteiger partial charge in [0.2, 0.25) is 0 Å². The van der Waals surface area contributed by atoms with E-state index in [0.717, 1.165) is 11.6 Å². The fourth-order valence-corrected chi connectivity index (χ4v) is 2.41. The number of allylic oxidation sites excluding steroid dienone is 2. The Morgan fingerprint density at radius 2 is 2.00 bits per heavy atom. The van der Waals surface area contributed by atoms with Gasteiger partial charge in [0.15, 0.2) is 5.82 Å². The third-order valence-corrected chi connectivity index (χ3v) is 3.55. The second-order valence-electron chi connectivity index (χ2n) is 6.16. The summed E-state index contributed by atoms with van der Waals surface area (Å²) in [5, 5.41) is 13.8. The van der Waals surface area contributed by atoms with E-state index >= 15 is 0 Å². The molecule has 1 heterocycles. The maximum Gasteiger partial charge on any atom is 0.307 e. The van der Waals surface area contributed by atoms with Gasteiger partial charge in [0.25, 0.3) is 0 Å². The van der Waals surface area contributed by atoms with Gasteiger partial charge in [0.1, 0.15) is 5.82 Å². The standard InChI is InChI=1S/C14H21N3O2/c1-14(2,3)13-15-11(17(4)16-13)9-7-5-6-8-10(9)12(18)19/h5-6,9-10H,7-8H2,1-4H3,(H,18,19)/t9-,10+/m1/s1. The number of rotatable bonds is 2. The van der Waals surface area contributed by atoms with E-state index in [2.05, 4.69) is 30.9 Å². The molecule has 5 nitrogen and oxygen atoms in total. The third-order valence-electron chi connectivity index (χ3n) is 3.55. The second-order valence-corrected chi connectivity index (χ2v) is 6.16. The van der Waals surface area contributed by atoms with Crippen molar-refractivity contribution in [2.75, 3.05) is 0 Å². The lowest BCUT2D eigenvalue weighted by atomic mass is 9.82. The summed E-state index contributed by atoms with van der Waals surface area (Å²) < 4.78 is 1.74. The molecule has 1 aliphatic carbocycles. The zero-order chi connectivity index (χ0) is 14.2. The number of carboxylic acids is 1. The van der Waals surface area contributed by atoms with Gasteiger partial charge in [-0.2, -0.15) is 5.10 Å². The highest BCUT2D eigenvalue weighted by atomic mass is 16.4. The minimum Gasteiger partial charge on any atom is -0.481 e. The van der Waals surface area contributed by atoms with Crippen molar-refractivity contribution in [1.82, 2.24) is 14.8 Å². The van der Waals surface area contributed by atoms with Gasteiger partial charge in [-0.05, 0) is 12.8 Å². The Kier molecular flexibility index (Phi) is 3.47. The predicted molar refractivity (Wildman–Crippen MR) is 71.9 cm³/mol. The number of hydrogen-bond acceptors (Lipinski definition) is 3. The highest BCUT2D eigenvalue weighted by molar-refractivity contribution is 5.71. The number of carboxylic acid groups (broad SMARTS) is 1. The fraction of sp³-hybridized carbons (Fsp3) is 0.643. The number of aryl methyl sites for hydroxylation is 1. The monoisotopic (exact) mass is 263 g/mol. The van der Waals surface area contributed by atoms with E-state index in [1.54, 1.807) is 4.68 Å². The molecule has 0 aliphatic heterocycles. The molecule has 2 atom stereocenters. The van der Waals surface area contributed by atoms with Crippen molar-refractivity contribution in [2.24, 2.45) is 13.0 Å². The van der Waals surface area contributed by atoms with Crippen LogP contribution < -0.4 is 0 Å². The van der Waals surface area contributed by atoms with Crippen molar-refractivity contribution < 1.29 is 9.90 Å². The molecule has 0 saturated carbocycles. The SMILES string of the molecule is Cn1nc(C(C)(C)C)nc1[C@@H]1CC=CC[C@@H]1C(=O)O. The summed E-state index contributed by atoms with van der Waals surface area (Å²) in [4.78, 5) is 16.0. The van der Waals surface area contributed by atoms with Crippen LogP contribution >= 0.6 is 0 Å². The first-order chi connectivity index (χ1) is 8.80. The fourth-order valence-electron chi connectivity index (χ4n) is 2.41. The molecule has 0 unspecified atom stereocenters. The van der Waals surface area contributed by atoms with E-state index < -0.39 is 11.9 Å². The van der Waals surface area contributed by atoms with Crippen molar-refractivity contribution >= 4 is 5.97 Å². The Morgan fingerprint density at radius 3 is 2.53 bits per heavy atom. The van der Waals surface area contributed by atoms with Gasteiger partial charge < -0.3 is 5.11 Å². The third kappa shape index (κ3) is 2.69. The van der Waals surface area contributed by atoms with Gasteiger partial charge in [-0.1, -0.05) is 32.9 Å². The molecule has 0 radical (unpaired) electrons. The van der Waals surface area contributed by atoms with E-state index in [1.165, 1.54) is 0 Å². The van der Waals surface area contributed by atoms with Gasteiger partial charge in [-0.3, -0.25) is 9.48 Å². The largest absolute Gasteiger partial charge is 0.481 e. The minimum absolute atomic E-state index is 0.0869. The van der Waals surface area contributed by atoms with Crippen LogP contribution in [-0.2, 0) is 17.3 Å². The summed E-state index contributed by atoms with van der Waals surface area (Å²) in [6, 6.07) is 0. The summed E-state index contributed by atoms with van der Waals surface area (Å²) in [5.41, 5.74) is -0.126. The summed E-state index contributed by atoms with van der Waals surface area (Å²) in [6.07, 6.45) is 5.26. The molecule has 0 fully saturated rings. The lowest BCUT2D eigenvalue weighted by Crippen LogP contribution is -2.25. The Bertz CT molecular complexity index is 511. The van der Waals surface area contributed by atoms with E-state index in [1.807, 2.05) is 19.2 Å². The normalized spacial score (nSPS) is 23.6. The van der Waals surface area contributed by atoms with Gasteiger partial charge in [0, 0.05) is 18.4 Å². The molecule has 0 spiro atoms. The molecule has 5 heteroatoms. The average Bonchev–Trinajstić information content (AvgIpc) is 2.71. The summed E-state index contributed by atoms with van der Waals surface area (Å²) in [7, 11) is 1.84. The minimum atomic E-state index is -0.755. The maximum atomic E-state index is 11.4. The zero-order valence-corrected chi connectivity index (χ0v) is 11.9. The van der Waals surface area contributed by atoms with Crippen molar-refractivity contribution in [3.63, 3.8) is 0 Å². The first-order valence-electron chi connectivity index (χ1n) is 6.60. The smallest absolute Gasteiger partial charge is 0.307 e. The topological polar surface area (TPSA) is 68.0 Å². The van der Waals surface area contributed by atoms with Crippen LogP contribution in [0.1, 0.15) is 51.2 Å². The van der Waals surface area contributed by atoms with Crippen LogP contribution in [0.25, 0.3) is 0 Å². The molecular weight excluding hydrogens is 242 g/mol. The van der Waals surface area contributed by atoms with E-state index in [0.29, 0.717) is 12.8 Å². The highest BCUT2D eigenvalue weighted by Gasteiger charge is 2.34. The Morgan fingerprint density at radius 1 is 1.37 bits per heavy atom. The average molecular weight is 263 g/mol. The van der Waals surface area contributed by atoms with Crippen LogP contribution in [0, 0.1) is 5.92 Å². The molecule has 0 amide bonds. The van der Waals surface area contributed by atoms with Crippen LogP contribution in [0.3, 0.4) is 0 Å². The quantitative estimate of drug-likeness (QED) is 0.831. The number of nitrogens with zero attached hydrogens (tertiary/aromatic N) is 3. The molecule has 0 aromatic carbocycles. The lowest BCUT2D eigenvalue weighted by Gasteiger charge is -2.24. The van der Waals surface area contributed by atoms with Crippen molar-refractivity contribution in [3.05, 3.63) is 23.8 Å². The molecular formula is C14H21N3O2. The van der Waals surface area contributed by atoms with Crippen LogP contribution in [-0.4, -0.2) is 25.8 Å². The Balaban J connectivity index is 2.38. The van der Waals surface area contributed by atoms with Crippen molar-refractivity contribution in [3.8, 4) is 0 Å². The molecule has 1 N–H and O–H groups in total. The van der Waals surface area contributed by atoms with Crippen molar-refractivity contribution in [1.29, 1.82) is 0 Å². The summed E-state index contributed by atoms with van der Waals surface area (Å²) in [5.74, 6) is 0.303. The highest BCUT2D eigenvalue weighted by Crippen LogP contribution is 2.34. The van der Waals surface area contributed by atoms with Crippen molar-refractivity contribution in [2.45, 2.75) is 44.9 Å². The first kappa shape index (κ1) is 13.8. The molecule has 1 aromatic rings. The Labute approximate surface area is 113 Å². The second kappa shape index (κ2) is 4.79. The summed E-state index contributed by atoms with van der Waals surface area (Å²) >= 11 is 0. The van der Waals surface area contributed by atoms with Crippen LogP contribution in [0.5, 0.6) is 0 Å². The zero-order valence-electron chi connectivity index (χ0n) is 11.9. The number of aliphatic carboxylic acids is 1. The van der Waals surface area contributed by atoms with Gasteiger partial charge in [-0.25, -0.2) is 4.98 Å². The van der Waals surface area contributed by atoms with Gasteiger partial charge >= 0.3 is 5.97 Å². The number of hydrogen-bond donors (Lipinski definition) is 1. The summed E-state index contributed by atoms with van der Waals surface area (Å²) in [6.45, 7) is 6.17. The molecule has 104 valence electrons. The molecule has 0 saturated heterocycles. The predicted octanol–water partition coefficient (Wildman–Crippen LogP) is 2.25.